The zero-order chi connectivity index (χ0) is 18.1. The van der Waals surface area contributed by atoms with E-state index in [9.17, 15) is 16.8 Å². The van der Waals surface area contributed by atoms with Crippen molar-refractivity contribution in [2.24, 2.45) is 4.99 Å². The summed E-state index contributed by atoms with van der Waals surface area (Å²) < 4.78 is 54.6. The fourth-order valence-electron chi connectivity index (χ4n) is 2.33. The average molecular weight is 400 g/mol. The summed E-state index contributed by atoms with van der Waals surface area (Å²) in [6.45, 7) is 2.42. The molecule has 0 unspecified atom stereocenters. The summed E-state index contributed by atoms with van der Waals surface area (Å²) >= 11 is 1.15. The Morgan fingerprint density at radius 3 is 2.48 bits per heavy atom. The minimum absolute atomic E-state index is 0.0235. The number of anilines is 1. The average Bonchev–Trinajstić information content (AvgIpc) is 3.18. The van der Waals surface area contributed by atoms with E-state index in [1.807, 2.05) is 6.92 Å². The maximum Gasteiger partial charge on any atom is 0.271 e. The monoisotopic (exact) mass is 399 g/mol. The Hall–Kier alpha value is -1.91. The van der Waals surface area contributed by atoms with Crippen molar-refractivity contribution in [3.63, 3.8) is 0 Å². The molecule has 0 spiro atoms. The van der Waals surface area contributed by atoms with Gasteiger partial charge in [0.05, 0.1) is 10.6 Å². The molecule has 10 heteroatoms. The number of amidine groups is 1. The molecule has 7 nitrogen and oxygen atoms in total. The van der Waals surface area contributed by atoms with Crippen LogP contribution in [0.4, 0.5) is 5.69 Å². The highest BCUT2D eigenvalue weighted by Crippen LogP contribution is 2.24. The normalized spacial score (nSPS) is 15.0. The summed E-state index contributed by atoms with van der Waals surface area (Å²) in [5.74, 6) is 0.431. The Bertz CT molecular complexity index is 1020. The van der Waals surface area contributed by atoms with Gasteiger partial charge in [-0.2, -0.15) is 0 Å². The van der Waals surface area contributed by atoms with Crippen LogP contribution in [-0.4, -0.2) is 29.2 Å². The van der Waals surface area contributed by atoms with Crippen LogP contribution in [0.5, 0.6) is 0 Å². The Balaban J connectivity index is 1.84. The van der Waals surface area contributed by atoms with Gasteiger partial charge in [0, 0.05) is 17.8 Å². The Labute approximate surface area is 150 Å². The Morgan fingerprint density at radius 2 is 1.84 bits per heavy atom. The predicted octanol–water partition coefficient (Wildman–Crippen LogP) is 2.33. The maximum atomic E-state index is 12.4. The molecule has 1 aromatic heterocycles. The van der Waals surface area contributed by atoms with Crippen molar-refractivity contribution >= 4 is 42.9 Å². The lowest BCUT2D eigenvalue weighted by atomic mass is 10.3. The minimum atomic E-state index is -3.80. The first-order chi connectivity index (χ1) is 11.8. The fraction of sp³-hybridized carbons (Fsp3) is 0.267. The molecular formula is C15H17N3O4S3. The van der Waals surface area contributed by atoms with Gasteiger partial charge in [0.25, 0.3) is 20.0 Å². The number of nitrogens with one attached hydrogen (secondary N) is 2. The zero-order valence-electron chi connectivity index (χ0n) is 13.4. The van der Waals surface area contributed by atoms with Gasteiger partial charge in [-0.05, 0) is 43.7 Å². The molecule has 2 aromatic rings. The first-order valence-electron chi connectivity index (χ1n) is 7.52. The molecule has 25 heavy (non-hydrogen) atoms. The molecule has 2 heterocycles. The molecule has 1 aliphatic rings. The van der Waals surface area contributed by atoms with Crippen LogP contribution in [0.15, 0.2) is 50.5 Å². The molecule has 0 radical (unpaired) electrons. The molecule has 0 atom stereocenters. The number of aliphatic imine (C=N–C) groups is 1. The molecule has 0 fully saturated rings. The zero-order valence-corrected chi connectivity index (χ0v) is 15.8. The van der Waals surface area contributed by atoms with Crippen molar-refractivity contribution in [2.75, 3.05) is 11.3 Å². The highest BCUT2D eigenvalue weighted by Gasteiger charge is 2.20. The standard InChI is InChI=1S/C15H17N3O4S3/c1-11-7-8-15(23-11)25(21,22)17-12-4-2-5-13(10-12)24(19,20)18-14-6-3-9-16-14/h2,4-5,7-8,10,17H,3,6,9H2,1H3,(H,16,18). The molecule has 2 N–H and O–H groups in total. The van der Waals surface area contributed by atoms with E-state index >= 15 is 0 Å². The molecule has 1 aliphatic heterocycles. The van der Waals surface area contributed by atoms with Crippen molar-refractivity contribution in [1.82, 2.24) is 4.72 Å². The SMILES string of the molecule is Cc1ccc(S(=O)(=O)Nc2cccc(S(=O)(=O)NC3=NCCC3)c2)s1. The molecular weight excluding hydrogens is 382 g/mol. The van der Waals surface area contributed by atoms with E-state index in [1.165, 1.54) is 30.3 Å². The summed E-state index contributed by atoms with van der Waals surface area (Å²) in [4.78, 5) is 4.94. The van der Waals surface area contributed by atoms with E-state index in [1.54, 1.807) is 6.07 Å². The van der Waals surface area contributed by atoms with Gasteiger partial charge in [-0.3, -0.25) is 14.4 Å². The molecule has 0 saturated heterocycles. The number of hydrogen-bond acceptors (Lipinski definition) is 6. The van der Waals surface area contributed by atoms with Crippen molar-refractivity contribution in [2.45, 2.75) is 28.9 Å². The first-order valence-corrected chi connectivity index (χ1v) is 11.3. The smallest absolute Gasteiger partial charge is 0.271 e. The van der Waals surface area contributed by atoms with Gasteiger partial charge in [-0.15, -0.1) is 11.3 Å². The van der Waals surface area contributed by atoms with E-state index in [-0.39, 0.29) is 14.8 Å². The summed E-state index contributed by atoms with van der Waals surface area (Å²) in [5.41, 5.74) is 0.183. The lowest BCUT2D eigenvalue weighted by Gasteiger charge is -2.10. The molecule has 1 aromatic carbocycles. The van der Waals surface area contributed by atoms with Crippen LogP contribution in [0.1, 0.15) is 17.7 Å². The molecule has 0 bridgehead atoms. The van der Waals surface area contributed by atoms with E-state index < -0.39 is 20.0 Å². The molecule has 0 saturated carbocycles. The third kappa shape index (κ3) is 4.20. The summed E-state index contributed by atoms with van der Waals surface area (Å²) in [5, 5.41) is 0. The number of aryl methyl sites for hydroxylation is 1. The molecule has 0 aliphatic carbocycles. The Kier molecular flexibility index (Phi) is 4.85. The number of sulfonamides is 2. The van der Waals surface area contributed by atoms with Gasteiger partial charge >= 0.3 is 0 Å². The van der Waals surface area contributed by atoms with Gasteiger partial charge in [0.1, 0.15) is 10.0 Å². The van der Waals surface area contributed by atoms with Crippen molar-refractivity contribution in [1.29, 1.82) is 0 Å². The van der Waals surface area contributed by atoms with Gasteiger partial charge < -0.3 is 0 Å². The quantitative estimate of drug-likeness (QED) is 0.805. The van der Waals surface area contributed by atoms with Gasteiger partial charge in [-0.25, -0.2) is 16.8 Å². The van der Waals surface area contributed by atoms with E-state index in [0.717, 1.165) is 22.6 Å². The summed E-state index contributed by atoms with van der Waals surface area (Å²) in [7, 11) is -7.54. The second-order valence-electron chi connectivity index (χ2n) is 5.54. The largest absolute Gasteiger partial charge is 0.279 e. The Morgan fingerprint density at radius 1 is 1.04 bits per heavy atom. The number of nitrogens with zero attached hydrogens (tertiary/aromatic N) is 1. The van der Waals surface area contributed by atoms with Crippen LogP contribution in [0.2, 0.25) is 0 Å². The van der Waals surface area contributed by atoms with Crippen molar-refractivity contribution < 1.29 is 16.8 Å². The van der Waals surface area contributed by atoms with Crippen molar-refractivity contribution in [3.8, 4) is 0 Å². The molecule has 3 rings (SSSR count). The third-order valence-corrected chi connectivity index (χ3v) is 7.76. The number of thiophene rings is 1. The summed E-state index contributed by atoms with van der Waals surface area (Å²) in [6.07, 6.45) is 1.40. The van der Waals surface area contributed by atoms with Crippen LogP contribution in [0.3, 0.4) is 0 Å². The van der Waals surface area contributed by atoms with E-state index in [4.69, 9.17) is 0 Å². The van der Waals surface area contributed by atoms with E-state index in [2.05, 4.69) is 14.4 Å². The van der Waals surface area contributed by atoms with Gasteiger partial charge in [0.2, 0.25) is 0 Å². The highest BCUT2D eigenvalue weighted by molar-refractivity contribution is 7.94. The second kappa shape index (κ2) is 6.77. The van der Waals surface area contributed by atoms with Gasteiger partial charge in [0.15, 0.2) is 0 Å². The fourth-order valence-corrected chi connectivity index (χ4v) is 5.79. The first kappa shape index (κ1) is 17.9. The highest BCUT2D eigenvalue weighted by atomic mass is 32.2. The van der Waals surface area contributed by atoms with Crippen LogP contribution in [0, 0.1) is 6.92 Å². The van der Waals surface area contributed by atoms with E-state index in [0.29, 0.717) is 18.8 Å². The maximum absolute atomic E-state index is 12.4. The van der Waals surface area contributed by atoms with Crippen LogP contribution in [-0.2, 0) is 20.0 Å². The van der Waals surface area contributed by atoms with Gasteiger partial charge in [-0.1, -0.05) is 6.07 Å². The second-order valence-corrected chi connectivity index (χ2v) is 10.4. The number of benzene rings is 1. The van der Waals surface area contributed by atoms with Crippen LogP contribution >= 0.6 is 11.3 Å². The topological polar surface area (TPSA) is 105 Å². The third-order valence-electron chi connectivity index (χ3n) is 3.50. The lowest BCUT2D eigenvalue weighted by Crippen LogP contribution is -2.29. The number of hydrogen-bond donors (Lipinski definition) is 2. The van der Waals surface area contributed by atoms with Crippen molar-refractivity contribution in [3.05, 3.63) is 41.3 Å². The summed E-state index contributed by atoms with van der Waals surface area (Å²) in [6, 6.07) is 8.92. The molecule has 0 amide bonds. The lowest BCUT2D eigenvalue weighted by molar-refractivity contribution is 0.591. The molecule has 134 valence electrons. The predicted molar refractivity (Wildman–Crippen MR) is 98.2 cm³/mol. The van der Waals surface area contributed by atoms with Crippen LogP contribution in [0.25, 0.3) is 0 Å². The minimum Gasteiger partial charge on any atom is -0.279 e. The number of rotatable bonds is 5. The van der Waals surface area contributed by atoms with Crippen LogP contribution < -0.4 is 9.44 Å².